The summed E-state index contributed by atoms with van der Waals surface area (Å²) in [6, 6.07) is 5.79. The smallest absolute Gasteiger partial charge is 0.408 e. The van der Waals surface area contributed by atoms with Crippen LogP contribution < -0.4 is 4.90 Å². The fraction of sp³-hybridized carbons (Fsp3) is 0.593. The van der Waals surface area contributed by atoms with E-state index in [-0.39, 0.29) is 43.5 Å². The van der Waals surface area contributed by atoms with Gasteiger partial charge in [0, 0.05) is 63.8 Å². The Kier molecular flexibility index (Phi) is 8.55. The van der Waals surface area contributed by atoms with Crippen LogP contribution in [0.4, 0.5) is 23.7 Å². The van der Waals surface area contributed by atoms with Gasteiger partial charge in [0.1, 0.15) is 11.6 Å². The summed E-state index contributed by atoms with van der Waals surface area (Å²) in [6.07, 6.45) is -1.52. The highest BCUT2D eigenvalue weighted by molar-refractivity contribution is 5.88. The number of rotatable bonds is 5. The van der Waals surface area contributed by atoms with Crippen LogP contribution in [0.25, 0.3) is 0 Å². The SMILES string of the molecule is COC1CCN(c2ccccc2C(N2CCN(C(=O)n3ccc(C(=O)OC(C)(C)C)n3)CC2)C(F)(F)F)CC1. The van der Waals surface area contributed by atoms with E-state index in [1.54, 1.807) is 52.1 Å². The average molecular weight is 552 g/mol. The molecule has 12 heteroatoms. The largest absolute Gasteiger partial charge is 0.455 e. The molecule has 3 heterocycles. The summed E-state index contributed by atoms with van der Waals surface area (Å²) in [5.74, 6) is -0.656. The van der Waals surface area contributed by atoms with Crippen molar-refractivity contribution in [1.29, 1.82) is 0 Å². The number of hydrogen-bond acceptors (Lipinski definition) is 7. The van der Waals surface area contributed by atoms with Crippen LogP contribution >= 0.6 is 0 Å². The summed E-state index contributed by atoms with van der Waals surface area (Å²) < 4.78 is 55.4. The van der Waals surface area contributed by atoms with Gasteiger partial charge in [0.15, 0.2) is 5.69 Å². The van der Waals surface area contributed by atoms with Crippen molar-refractivity contribution in [3.63, 3.8) is 0 Å². The Bertz CT molecular complexity index is 1150. The molecule has 0 aliphatic carbocycles. The van der Waals surface area contributed by atoms with E-state index in [0.717, 1.165) is 17.5 Å². The second-order valence-electron chi connectivity index (χ2n) is 10.9. The first-order chi connectivity index (χ1) is 18.4. The highest BCUT2D eigenvalue weighted by Crippen LogP contribution is 2.42. The minimum absolute atomic E-state index is 0.0137. The van der Waals surface area contributed by atoms with Gasteiger partial charge in [-0.05, 0) is 45.7 Å². The minimum Gasteiger partial charge on any atom is -0.455 e. The third-order valence-corrected chi connectivity index (χ3v) is 7.00. The Morgan fingerprint density at radius 3 is 2.21 bits per heavy atom. The lowest BCUT2D eigenvalue weighted by Crippen LogP contribution is -2.53. The van der Waals surface area contributed by atoms with Gasteiger partial charge in [-0.25, -0.2) is 9.59 Å². The molecule has 0 spiro atoms. The minimum atomic E-state index is -4.50. The number of nitrogens with zero attached hydrogens (tertiary/aromatic N) is 5. The third-order valence-electron chi connectivity index (χ3n) is 7.00. The number of piperazine rings is 1. The lowest BCUT2D eigenvalue weighted by molar-refractivity contribution is -0.189. The second-order valence-corrected chi connectivity index (χ2v) is 10.9. The van der Waals surface area contributed by atoms with E-state index in [9.17, 15) is 22.8 Å². The molecule has 214 valence electrons. The fourth-order valence-electron chi connectivity index (χ4n) is 5.11. The number of halogens is 3. The number of amides is 1. The second kappa shape index (κ2) is 11.5. The van der Waals surface area contributed by atoms with Crippen molar-refractivity contribution in [3.8, 4) is 0 Å². The Hall–Kier alpha value is -3.12. The molecule has 1 aromatic carbocycles. The zero-order valence-corrected chi connectivity index (χ0v) is 22.8. The number of alkyl halides is 3. The van der Waals surface area contributed by atoms with Crippen molar-refractivity contribution in [1.82, 2.24) is 19.6 Å². The van der Waals surface area contributed by atoms with Gasteiger partial charge < -0.3 is 19.3 Å². The van der Waals surface area contributed by atoms with Gasteiger partial charge in [-0.1, -0.05) is 18.2 Å². The van der Waals surface area contributed by atoms with Crippen molar-refractivity contribution >= 4 is 17.7 Å². The number of methoxy groups -OCH3 is 1. The molecule has 2 aliphatic heterocycles. The van der Waals surface area contributed by atoms with Crippen LogP contribution in [0.15, 0.2) is 36.5 Å². The molecular weight excluding hydrogens is 515 g/mol. The molecule has 0 radical (unpaired) electrons. The predicted molar refractivity (Wildman–Crippen MR) is 139 cm³/mol. The Morgan fingerprint density at radius 2 is 1.62 bits per heavy atom. The number of piperidine rings is 1. The van der Waals surface area contributed by atoms with Crippen LogP contribution in [0, 0.1) is 0 Å². The van der Waals surface area contributed by atoms with Crippen LogP contribution in [0.5, 0.6) is 0 Å². The standard InChI is InChI=1S/C27H36F3N5O4/c1-26(2,3)39-24(36)21-11-14-35(31-21)25(37)34-17-15-33(16-18-34)23(27(28,29)30)20-7-5-6-8-22(20)32-12-9-19(38-4)10-13-32/h5-8,11,14,19,23H,9-10,12-13,15-18H2,1-4H3. The van der Waals surface area contributed by atoms with Crippen molar-refractivity contribution in [2.45, 2.75) is 57.5 Å². The Labute approximate surface area is 226 Å². The van der Waals surface area contributed by atoms with Crippen molar-refractivity contribution in [2.75, 3.05) is 51.3 Å². The van der Waals surface area contributed by atoms with E-state index in [4.69, 9.17) is 9.47 Å². The molecule has 2 fully saturated rings. The quantitative estimate of drug-likeness (QED) is 0.512. The molecule has 1 aromatic heterocycles. The van der Waals surface area contributed by atoms with Crippen molar-refractivity contribution in [3.05, 3.63) is 47.8 Å². The van der Waals surface area contributed by atoms with E-state index in [1.807, 2.05) is 4.90 Å². The maximum atomic E-state index is 14.6. The molecule has 1 unspecified atom stereocenters. The number of anilines is 1. The van der Waals surface area contributed by atoms with Crippen LogP contribution in [0.2, 0.25) is 0 Å². The van der Waals surface area contributed by atoms with Gasteiger partial charge >= 0.3 is 18.2 Å². The summed E-state index contributed by atoms with van der Waals surface area (Å²) in [5.41, 5.74) is 0.0730. The zero-order valence-electron chi connectivity index (χ0n) is 22.8. The van der Waals surface area contributed by atoms with Gasteiger partial charge in [0.05, 0.1) is 6.10 Å². The van der Waals surface area contributed by atoms with E-state index in [1.165, 1.54) is 22.1 Å². The topological polar surface area (TPSA) is 80.1 Å². The number of benzene rings is 1. The Morgan fingerprint density at radius 1 is 0.974 bits per heavy atom. The number of carbonyl (C=O) groups is 2. The normalized spacial score (nSPS) is 18.7. The number of para-hydroxylation sites is 1. The molecule has 0 N–H and O–H groups in total. The maximum absolute atomic E-state index is 14.6. The first kappa shape index (κ1) is 28.9. The number of carbonyl (C=O) groups excluding carboxylic acids is 2. The number of esters is 1. The average Bonchev–Trinajstić information content (AvgIpc) is 3.38. The van der Waals surface area contributed by atoms with Gasteiger partial charge in [-0.2, -0.15) is 23.0 Å². The van der Waals surface area contributed by atoms with Crippen molar-refractivity contribution < 1.29 is 32.2 Å². The van der Waals surface area contributed by atoms with Crippen LogP contribution in [-0.2, 0) is 9.47 Å². The third kappa shape index (κ3) is 6.91. The highest BCUT2D eigenvalue weighted by Gasteiger charge is 2.47. The van der Waals surface area contributed by atoms with Gasteiger partial charge in [0.2, 0.25) is 0 Å². The van der Waals surface area contributed by atoms with Gasteiger partial charge in [-0.15, -0.1) is 0 Å². The highest BCUT2D eigenvalue weighted by atomic mass is 19.4. The number of aromatic nitrogens is 2. The first-order valence-electron chi connectivity index (χ1n) is 13.1. The summed E-state index contributed by atoms with van der Waals surface area (Å²) in [7, 11) is 1.66. The molecule has 9 nitrogen and oxygen atoms in total. The molecule has 1 amide bonds. The number of ether oxygens (including phenoxy) is 2. The molecule has 2 saturated heterocycles. The van der Waals surface area contributed by atoms with Crippen LogP contribution in [0.1, 0.15) is 55.7 Å². The number of hydrogen-bond donors (Lipinski definition) is 0. The van der Waals surface area contributed by atoms with E-state index >= 15 is 0 Å². The van der Waals surface area contributed by atoms with Gasteiger partial charge in [-0.3, -0.25) is 4.90 Å². The fourth-order valence-corrected chi connectivity index (χ4v) is 5.11. The Balaban J connectivity index is 1.46. The summed E-state index contributed by atoms with van der Waals surface area (Å²) in [5, 5.41) is 4.03. The predicted octanol–water partition coefficient (Wildman–Crippen LogP) is 4.34. The summed E-state index contributed by atoms with van der Waals surface area (Å²) >= 11 is 0. The van der Waals surface area contributed by atoms with E-state index < -0.39 is 29.8 Å². The first-order valence-corrected chi connectivity index (χ1v) is 13.1. The molecule has 0 saturated carbocycles. The molecule has 39 heavy (non-hydrogen) atoms. The summed E-state index contributed by atoms with van der Waals surface area (Å²) in [4.78, 5) is 30.1. The molecular formula is C27H36F3N5O4. The zero-order chi connectivity index (χ0) is 28.4. The van der Waals surface area contributed by atoms with Crippen LogP contribution in [-0.4, -0.2) is 95.8 Å². The lowest BCUT2D eigenvalue weighted by Gasteiger charge is -2.41. The van der Waals surface area contributed by atoms with Gasteiger partial charge in [0.25, 0.3) is 0 Å². The van der Waals surface area contributed by atoms with Crippen molar-refractivity contribution in [2.24, 2.45) is 0 Å². The molecule has 0 bridgehead atoms. The maximum Gasteiger partial charge on any atom is 0.408 e. The monoisotopic (exact) mass is 551 g/mol. The van der Waals surface area contributed by atoms with E-state index in [2.05, 4.69) is 5.10 Å². The molecule has 1 atom stereocenters. The van der Waals surface area contributed by atoms with E-state index in [0.29, 0.717) is 18.8 Å². The molecule has 4 rings (SSSR count). The lowest BCUT2D eigenvalue weighted by atomic mass is 9.98. The summed E-state index contributed by atoms with van der Waals surface area (Å²) in [6.45, 7) is 6.68. The molecule has 2 aliphatic rings. The van der Waals surface area contributed by atoms with Crippen LogP contribution in [0.3, 0.4) is 0 Å². The molecule has 2 aromatic rings.